The highest BCUT2D eigenvalue weighted by atomic mass is 16.6. The number of rotatable bonds is 0. The third-order valence-electron chi connectivity index (χ3n) is 3.95. The number of allylic oxidation sites excluding steroid dienone is 1. The van der Waals surface area contributed by atoms with Gasteiger partial charge in [0.25, 0.3) is 0 Å². The zero-order valence-corrected chi connectivity index (χ0v) is 7.35. The predicted octanol–water partition coefficient (Wildman–Crippen LogP) is 2.13. The zero-order chi connectivity index (χ0) is 7.80. The Hall–Kier alpha value is -0.300. The molecule has 0 N–H and O–H groups in total. The van der Waals surface area contributed by atoms with Gasteiger partial charge in [-0.2, -0.15) is 0 Å². The summed E-state index contributed by atoms with van der Waals surface area (Å²) in [6.45, 7) is 6.97. The Kier molecular flexibility index (Phi) is 0.809. The van der Waals surface area contributed by atoms with E-state index in [9.17, 15) is 0 Å². The van der Waals surface area contributed by atoms with E-state index >= 15 is 0 Å². The molecule has 0 amide bonds. The molecule has 1 saturated heterocycles. The second-order valence-corrected chi connectivity index (χ2v) is 4.72. The molecule has 1 saturated carbocycles. The van der Waals surface area contributed by atoms with Crippen molar-refractivity contribution in [2.24, 2.45) is 11.3 Å². The van der Waals surface area contributed by atoms with Gasteiger partial charge in [0.2, 0.25) is 0 Å². The zero-order valence-electron chi connectivity index (χ0n) is 7.35. The Morgan fingerprint density at radius 1 is 1.45 bits per heavy atom. The van der Waals surface area contributed by atoms with Crippen LogP contribution >= 0.6 is 0 Å². The van der Waals surface area contributed by atoms with Crippen LogP contribution in [0.5, 0.6) is 0 Å². The van der Waals surface area contributed by atoms with Crippen LogP contribution < -0.4 is 0 Å². The number of ether oxygens (including phenoxy) is 1. The molecule has 3 aliphatic carbocycles. The van der Waals surface area contributed by atoms with Gasteiger partial charge in [0, 0.05) is 5.92 Å². The number of epoxide rings is 1. The van der Waals surface area contributed by atoms with Crippen LogP contribution in [0.2, 0.25) is 0 Å². The molecule has 3 atom stereocenters. The van der Waals surface area contributed by atoms with Gasteiger partial charge in [-0.15, -0.1) is 0 Å². The SMILES string of the molecule is CC1=C2CC(C3OC13)C2(C)C. The molecule has 3 unspecified atom stereocenters. The molecule has 1 heterocycles. The summed E-state index contributed by atoms with van der Waals surface area (Å²) in [5.74, 6) is 0.839. The van der Waals surface area contributed by atoms with Crippen LogP contribution in [0.1, 0.15) is 27.2 Å². The fourth-order valence-electron chi connectivity index (χ4n) is 2.98. The average Bonchev–Trinajstić information content (AvgIpc) is 2.65. The van der Waals surface area contributed by atoms with Crippen LogP contribution in [0.3, 0.4) is 0 Å². The average molecular weight is 150 g/mol. The Morgan fingerprint density at radius 2 is 2.18 bits per heavy atom. The topological polar surface area (TPSA) is 12.5 Å². The predicted molar refractivity (Wildman–Crippen MR) is 43.2 cm³/mol. The largest absolute Gasteiger partial charge is 0.365 e. The first-order valence-corrected chi connectivity index (χ1v) is 4.48. The van der Waals surface area contributed by atoms with E-state index in [4.69, 9.17) is 4.74 Å². The van der Waals surface area contributed by atoms with Crippen molar-refractivity contribution in [3.63, 3.8) is 0 Å². The molecule has 4 aliphatic rings. The molecule has 4 rings (SSSR count). The Bertz CT molecular complexity index is 262. The summed E-state index contributed by atoms with van der Waals surface area (Å²) in [6, 6.07) is 0. The minimum absolute atomic E-state index is 0.474. The molecule has 1 aliphatic heterocycles. The minimum Gasteiger partial charge on any atom is -0.365 e. The van der Waals surface area contributed by atoms with Gasteiger partial charge in [-0.25, -0.2) is 0 Å². The Labute approximate surface area is 67.4 Å². The van der Waals surface area contributed by atoms with E-state index in [1.807, 2.05) is 0 Å². The van der Waals surface area contributed by atoms with Crippen LogP contribution in [0, 0.1) is 11.3 Å². The lowest BCUT2D eigenvalue weighted by molar-refractivity contribution is 0.123. The van der Waals surface area contributed by atoms with Crippen molar-refractivity contribution in [2.75, 3.05) is 0 Å². The van der Waals surface area contributed by atoms with E-state index in [0.717, 1.165) is 5.92 Å². The first-order chi connectivity index (χ1) is 5.12. The molecule has 2 bridgehead atoms. The van der Waals surface area contributed by atoms with Gasteiger partial charge in [-0.1, -0.05) is 19.4 Å². The standard InChI is InChI=1S/C10H14O/c1-5-6-4-7(10(6,2)3)9-8(5)11-9/h7-9H,4H2,1-3H3. The molecule has 0 aromatic heterocycles. The van der Waals surface area contributed by atoms with E-state index in [1.54, 1.807) is 11.1 Å². The molecule has 60 valence electrons. The second kappa shape index (κ2) is 1.42. The van der Waals surface area contributed by atoms with E-state index in [0.29, 0.717) is 17.6 Å². The van der Waals surface area contributed by atoms with Crippen LogP contribution in [-0.2, 0) is 4.74 Å². The quantitative estimate of drug-likeness (QED) is 0.380. The highest BCUT2D eigenvalue weighted by Crippen LogP contribution is 2.64. The van der Waals surface area contributed by atoms with Gasteiger partial charge in [0.05, 0.1) is 6.10 Å². The van der Waals surface area contributed by atoms with Gasteiger partial charge >= 0.3 is 0 Å². The van der Waals surface area contributed by atoms with Crippen LogP contribution in [0.25, 0.3) is 0 Å². The second-order valence-electron chi connectivity index (χ2n) is 4.72. The van der Waals surface area contributed by atoms with Crippen molar-refractivity contribution in [1.29, 1.82) is 0 Å². The maximum atomic E-state index is 5.62. The normalized spacial score (nSPS) is 49.9. The summed E-state index contributed by atoms with van der Waals surface area (Å²) in [4.78, 5) is 0. The maximum absolute atomic E-state index is 5.62. The maximum Gasteiger partial charge on any atom is 0.106 e. The summed E-state index contributed by atoms with van der Waals surface area (Å²) in [5, 5.41) is 0. The minimum atomic E-state index is 0.474. The highest BCUT2D eigenvalue weighted by molar-refractivity contribution is 5.41. The van der Waals surface area contributed by atoms with Gasteiger partial charge in [-0.05, 0) is 24.3 Å². The van der Waals surface area contributed by atoms with E-state index in [2.05, 4.69) is 20.8 Å². The van der Waals surface area contributed by atoms with Gasteiger partial charge in [0.1, 0.15) is 6.10 Å². The summed E-state index contributed by atoms with van der Waals surface area (Å²) < 4.78 is 5.62. The molecule has 0 aromatic carbocycles. The monoisotopic (exact) mass is 150 g/mol. The van der Waals surface area contributed by atoms with Crippen LogP contribution in [0.15, 0.2) is 11.1 Å². The van der Waals surface area contributed by atoms with Crippen LogP contribution in [-0.4, -0.2) is 12.2 Å². The molecule has 0 spiro atoms. The molecule has 0 radical (unpaired) electrons. The smallest absolute Gasteiger partial charge is 0.106 e. The first kappa shape index (κ1) is 6.24. The molecule has 1 heteroatoms. The summed E-state index contributed by atoms with van der Waals surface area (Å²) in [7, 11) is 0. The number of hydrogen-bond donors (Lipinski definition) is 0. The molecule has 1 nitrogen and oxygen atoms in total. The molecule has 2 fully saturated rings. The number of hydrogen-bond acceptors (Lipinski definition) is 1. The van der Waals surface area contributed by atoms with E-state index in [1.165, 1.54) is 6.42 Å². The molecule has 0 aromatic rings. The lowest BCUT2D eigenvalue weighted by Gasteiger charge is -2.50. The van der Waals surface area contributed by atoms with Crippen molar-refractivity contribution in [1.82, 2.24) is 0 Å². The fourth-order valence-corrected chi connectivity index (χ4v) is 2.98. The molecule has 11 heavy (non-hydrogen) atoms. The summed E-state index contributed by atoms with van der Waals surface area (Å²) in [6.07, 6.45) is 2.46. The Morgan fingerprint density at radius 3 is 2.73 bits per heavy atom. The first-order valence-electron chi connectivity index (χ1n) is 4.48. The van der Waals surface area contributed by atoms with Crippen molar-refractivity contribution in [3.8, 4) is 0 Å². The molecular weight excluding hydrogens is 136 g/mol. The highest BCUT2D eigenvalue weighted by Gasteiger charge is 2.63. The van der Waals surface area contributed by atoms with E-state index < -0.39 is 0 Å². The van der Waals surface area contributed by atoms with Crippen molar-refractivity contribution in [3.05, 3.63) is 11.1 Å². The molecular formula is C10H14O. The van der Waals surface area contributed by atoms with Crippen molar-refractivity contribution < 1.29 is 4.74 Å². The lowest BCUT2D eigenvalue weighted by atomic mass is 9.52. The third kappa shape index (κ3) is 0.506. The van der Waals surface area contributed by atoms with Crippen molar-refractivity contribution in [2.45, 2.75) is 39.4 Å². The fraction of sp³-hybridized carbons (Fsp3) is 0.800. The third-order valence-corrected chi connectivity index (χ3v) is 3.95. The van der Waals surface area contributed by atoms with Gasteiger partial charge < -0.3 is 4.74 Å². The summed E-state index contributed by atoms with van der Waals surface area (Å²) in [5.41, 5.74) is 3.70. The Balaban J connectivity index is 2.13. The van der Waals surface area contributed by atoms with Crippen molar-refractivity contribution >= 4 is 0 Å². The summed E-state index contributed by atoms with van der Waals surface area (Å²) >= 11 is 0. The van der Waals surface area contributed by atoms with Crippen LogP contribution in [0.4, 0.5) is 0 Å². The van der Waals surface area contributed by atoms with Gasteiger partial charge in [-0.3, -0.25) is 0 Å². The van der Waals surface area contributed by atoms with E-state index in [-0.39, 0.29) is 0 Å². The van der Waals surface area contributed by atoms with Gasteiger partial charge in [0.15, 0.2) is 0 Å². The lowest BCUT2D eigenvalue weighted by Crippen LogP contribution is -2.45.